The van der Waals surface area contributed by atoms with Gasteiger partial charge in [0, 0.05) is 31.9 Å². The fourth-order valence-electron chi connectivity index (χ4n) is 3.48. The Kier molecular flexibility index (Phi) is 5.15. The van der Waals surface area contributed by atoms with Gasteiger partial charge in [-0.15, -0.1) is 0 Å². The van der Waals surface area contributed by atoms with Gasteiger partial charge in [0.15, 0.2) is 0 Å². The summed E-state index contributed by atoms with van der Waals surface area (Å²) in [5.74, 6) is 0.418. The third-order valence-electron chi connectivity index (χ3n) is 4.94. The van der Waals surface area contributed by atoms with Crippen LogP contribution < -0.4 is 10.9 Å². The molecule has 146 valence electrons. The molecule has 1 aromatic carbocycles. The highest BCUT2D eigenvalue weighted by Gasteiger charge is 2.27. The molecule has 3 heterocycles. The van der Waals surface area contributed by atoms with Crippen molar-refractivity contribution in [1.29, 1.82) is 0 Å². The highest BCUT2D eigenvalue weighted by atomic mass is 32.2. The predicted octanol–water partition coefficient (Wildman–Crippen LogP) is 2.48. The average molecular weight is 398 g/mol. The van der Waals surface area contributed by atoms with Crippen LogP contribution in [0.3, 0.4) is 0 Å². The van der Waals surface area contributed by atoms with Crippen molar-refractivity contribution < 1.29 is 8.42 Å². The minimum absolute atomic E-state index is 0.192. The lowest BCUT2D eigenvalue weighted by Gasteiger charge is -2.26. The van der Waals surface area contributed by atoms with Gasteiger partial charge in [-0.1, -0.05) is 30.7 Å². The monoisotopic (exact) mass is 398 g/mol. The predicted molar refractivity (Wildman–Crippen MR) is 108 cm³/mol. The summed E-state index contributed by atoms with van der Waals surface area (Å²) in [5.41, 5.74) is 0.997. The van der Waals surface area contributed by atoms with E-state index < -0.39 is 10.0 Å². The van der Waals surface area contributed by atoms with Crippen LogP contribution in [0.4, 0.5) is 5.82 Å². The largest absolute Gasteiger partial charge is 0.366 e. The van der Waals surface area contributed by atoms with Crippen molar-refractivity contribution in [2.45, 2.75) is 30.7 Å². The number of anilines is 1. The quantitative estimate of drug-likeness (QED) is 0.714. The smallest absolute Gasteiger partial charge is 0.259 e. The van der Waals surface area contributed by atoms with Gasteiger partial charge in [-0.3, -0.25) is 9.20 Å². The summed E-state index contributed by atoms with van der Waals surface area (Å²) in [4.78, 5) is 17.0. The second kappa shape index (κ2) is 7.73. The van der Waals surface area contributed by atoms with Crippen LogP contribution in [0.25, 0.3) is 5.65 Å². The summed E-state index contributed by atoms with van der Waals surface area (Å²) in [6.07, 6.45) is 4.52. The van der Waals surface area contributed by atoms with Crippen molar-refractivity contribution in [3.63, 3.8) is 0 Å². The van der Waals surface area contributed by atoms with E-state index in [1.165, 1.54) is 10.5 Å². The van der Waals surface area contributed by atoms with Gasteiger partial charge in [-0.05, 0) is 36.6 Å². The molecule has 0 bridgehead atoms. The molecule has 1 saturated heterocycles. The normalized spacial score (nSPS) is 15.6. The molecular formula is C20H22N4O3S. The zero-order valence-electron chi connectivity index (χ0n) is 15.4. The molecule has 0 unspecified atom stereocenters. The molecule has 1 N–H and O–H groups in total. The molecule has 7 nitrogen and oxygen atoms in total. The molecule has 28 heavy (non-hydrogen) atoms. The minimum atomic E-state index is -3.53. The molecule has 0 spiro atoms. The Hall–Kier alpha value is -2.71. The first-order valence-electron chi connectivity index (χ1n) is 9.36. The van der Waals surface area contributed by atoms with E-state index in [4.69, 9.17) is 0 Å². The third-order valence-corrected chi connectivity index (χ3v) is 6.94. The van der Waals surface area contributed by atoms with E-state index >= 15 is 0 Å². The van der Waals surface area contributed by atoms with E-state index in [1.807, 2.05) is 12.1 Å². The van der Waals surface area contributed by atoms with E-state index in [0.29, 0.717) is 35.0 Å². The van der Waals surface area contributed by atoms with E-state index in [-0.39, 0.29) is 12.1 Å². The maximum Gasteiger partial charge on any atom is 0.259 e. The minimum Gasteiger partial charge on any atom is -0.366 e. The molecule has 2 aromatic heterocycles. The molecule has 1 aliphatic heterocycles. The van der Waals surface area contributed by atoms with Gasteiger partial charge in [-0.2, -0.15) is 4.31 Å². The molecule has 1 aliphatic rings. The first-order valence-corrected chi connectivity index (χ1v) is 10.8. The number of nitrogens with zero attached hydrogens (tertiary/aromatic N) is 3. The lowest BCUT2D eigenvalue weighted by molar-refractivity contribution is 0.346. The van der Waals surface area contributed by atoms with E-state index in [2.05, 4.69) is 10.3 Å². The number of fused-ring (bicyclic) bond motifs is 1. The maximum atomic E-state index is 13.1. The summed E-state index contributed by atoms with van der Waals surface area (Å²) in [5, 5.41) is 3.10. The second-order valence-electron chi connectivity index (χ2n) is 6.83. The van der Waals surface area contributed by atoms with Gasteiger partial charge in [0.2, 0.25) is 10.0 Å². The van der Waals surface area contributed by atoms with Crippen LogP contribution in [0.2, 0.25) is 0 Å². The number of benzene rings is 1. The fourth-order valence-corrected chi connectivity index (χ4v) is 5.22. The zero-order chi connectivity index (χ0) is 19.6. The number of hydrogen-bond acceptors (Lipinski definition) is 5. The molecule has 1 fully saturated rings. The van der Waals surface area contributed by atoms with Crippen molar-refractivity contribution in [1.82, 2.24) is 13.7 Å². The number of pyridine rings is 1. The highest BCUT2D eigenvalue weighted by molar-refractivity contribution is 7.89. The van der Waals surface area contributed by atoms with Gasteiger partial charge in [-0.25, -0.2) is 13.4 Å². The number of sulfonamides is 1. The molecule has 8 heteroatoms. The van der Waals surface area contributed by atoms with E-state index in [1.54, 1.807) is 40.8 Å². The van der Waals surface area contributed by atoms with Crippen LogP contribution in [0.15, 0.2) is 64.4 Å². The molecule has 0 saturated carbocycles. The van der Waals surface area contributed by atoms with Crippen LogP contribution in [0, 0.1) is 0 Å². The summed E-state index contributed by atoms with van der Waals surface area (Å²) < 4.78 is 29.2. The fraction of sp³-hybridized carbons (Fsp3) is 0.300. The molecule has 0 amide bonds. The Bertz CT molecular complexity index is 1150. The number of piperidine rings is 1. The third kappa shape index (κ3) is 3.65. The summed E-state index contributed by atoms with van der Waals surface area (Å²) >= 11 is 0. The van der Waals surface area contributed by atoms with Gasteiger partial charge in [0.1, 0.15) is 11.5 Å². The molecular weight excluding hydrogens is 376 g/mol. The summed E-state index contributed by atoms with van der Waals surface area (Å²) in [6, 6.07) is 13.7. The first kappa shape index (κ1) is 18.6. The Morgan fingerprint density at radius 3 is 2.57 bits per heavy atom. The van der Waals surface area contributed by atoms with Gasteiger partial charge in [0.25, 0.3) is 5.56 Å². The summed E-state index contributed by atoms with van der Waals surface area (Å²) in [7, 11) is -3.53. The first-order chi connectivity index (χ1) is 13.6. The molecule has 4 rings (SSSR count). The van der Waals surface area contributed by atoms with Crippen LogP contribution in [0.5, 0.6) is 0 Å². The van der Waals surface area contributed by atoms with E-state index in [0.717, 1.165) is 19.3 Å². The SMILES string of the molecule is O=c1cc(NCc2ccccc2S(=O)(=O)N2CCCCC2)nc2ccccn12. The van der Waals surface area contributed by atoms with Crippen molar-refractivity contribution in [3.05, 3.63) is 70.6 Å². The number of hydrogen-bond donors (Lipinski definition) is 1. The molecule has 3 aromatic rings. The number of aromatic nitrogens is 2. The van der Waals surface area contributed by atoms with Crippen LogP contribution in [-0.4, -0.2) is 35.2 Å². The van der Waals surface area contributed by atoms with Crippen molar-refractivity contribution in [3.8, 4) is 0 Å². The number of rotatable bonds is 5. The lowest BCUT2D eigenvalue weighted by atomic mass is 10.2. The Labute approximate surface area is 163 Å². The number of nitrogens with one attached hydrogen (secondary N) is 1. The zero-order valence-corrected chi connectivity index (χ0v) is 16.2. The average Bonchev–Trinajstić information content (AvgIpc) is 2.73. The second-order valence-corrected chi connectivity index (χ2v) is 8.74. The Balaban J connectivity index is 1.60. The topological polar surface area (TPSA) is 83.8 Å². The van der Waals surface area contributed by atoms with Crippen molar-refractivity contribution in [2.24, 2.45) is 0 Å². The molecule has 0 aliphatic carbocycles. The summed E-state index contributed by atoms with van der Waals surface area (Å²) in [6.45, 7) is 1.39. The van der Waals surface area contributed by atoms with Gasteiger partial charge >= 0.3 is 0 Å². The van der Waals surface area contributed by atoms with Gasteiger partial charge in [0.05, 0.1) is 4.90 Å². The van der Waals surface area contributed by atoms with Gasteiger partial charge < -0.3 is 5.32 Å². The van der Waals surface area contributed by atoms with Crippen molar-refractivity contribution >= 4 is 21.5 Å². The highest BCUT2D eigenvalue weighted by Crippen LogP contribution is 2.24. The Morgan fingerprint density at radius 2 is 1.75 bits per heavy atom. The van der Waals surface area contributed by atoms with E-state index in [9.17, 15) is 13.2 Å². The maximum absolute atomic E-state index is 13.1. The standard InChI is InChI=1S/C20H22N4O3S/c25-20-14-18(22-19-10-4-7-13-24(19)20)21-15-16-8-2-3-9-17(16)28(26,27)23-11-5-1-6-12-23/h2-4,7-10,13-14,21H,1,5-6,11-12,15H2. The molecule has 0 radical (unpaired) electrons. The Morgan fingerprint density at radius 1 is 1.00 bits per heavy atom. The van der Waals surface area contributed by atoms with Crippen LogP contribution in [-0.2, 0) is 16.6 Å². The molecule has 0 atom stereocenters. The van der Waals surface area contributed by atoms with Crippen molar-refractivity contribution in [2.75, 3.05) is 18.4 Å². The van der Waals surface area contributed by atoms with Crippen LogP contribution in [0.1, 0.15) is 24.8 Å². The van der Waals surface area contributed by atoms with Crippen LogP contribution >= 0.6 is 0 Å². The lowest BCUT2D eigenvalue weighted by Crippen LogP contribution is -2.36.